The SMILES string of the molecule is O=C(COC(=O)CCNC(=O)c1n[nH]c2ccccc12)NNC(=O)c1ccccc1. The summed E-state index contributed by atoms with van der Waals surface area (Å²) >= 11 is 0. The number of fused-ring (bicyclic) bond motifs is 1. The third-order valence-corrected chi connectivity index (χ3v) is 4.02. The minimum absolute atomic E-state index is 0.0191. The van der Waals surface area contributed by atoms with Crippen molar-refractivity contribution in [1.29, 1.82) is 0 Å². The quantitative estimate of drug-likeness (QED) is 0.334. The van der Waals surface area contributed by atoms with Gasteiger partial charge in [-0.25, -0.2) is 0 Å². The zero-order valence-corrected chi connectivity index (χ0v) is 15.8. The van der Waals surface area contributed by atoms with Crippen LogP contribution in [-0.4, -0.2) is 47.0 Å². The highest BCUT2D eigenvalue weighted by molar-refractivity contribution is 6.04. The van der Waals surface area contributed by atoms with Crippen LogP contribution < -0.4 is 16.2 Å². The molecule has 1 aromatic heterocycles. The lowest BCUT2D eigenvalue weighted by molar-refractivity contribution is -0.148. The number of carbonyl (C=O) groups excluding carboxylic acids is 4. The molecule has 0 aliphatic rings. The van der Waals surface area contributed by atoms with Crippen molar-refractivity contribution in [3.8, 4) is 0 Å². The fourth-order valence-electron chi connectivity index (χ4n) is 2.54. The molecule has 3 amide bonds. The second-order valence-electron chi connectivity index (χ2n) is 6.15. The van der Waals surface area contributed by atoms with Gasteiger partial charge in [0.25, 0.3) is 17.7 Å². The Labute approximate surface area is 171 Å². The summed E-state index contributed by atoms with van der Waals surface area (Å²) in [5, 5.41) is 9.97. The number of carbonyl (C=O) groups is 4. The lowest BCUT2D eigenvalue weighted by atomic mass is 10.2. The van der Waals surface area contributed by atoms with Crippen molar-refractivity contribution in [2.45, 2.75) is 6.42 Å². The van der Waals surface area contributed by atoms with Crippen molar-refractivity contribution >= 4 is 34.6 Å². The standard InChI is InChI=1S/C20H19N5O5/c26-16(23-25-19(28)13-6-2-1-3-7-13)12-30-17(27)10-11-21-20(29)18-14-8-4-5-9-15(14)22-24-18/h1-9H,10-12H2,(H,21,29)(H,22,24)(H,23,26)(H,25,28). The van der Waals surface area contributed by atoms with Gasteiger partial charge >= 0.3 is 5.97 Å². The van der Waals surface area contributed by atoms with E-state index >= 15 is 0 Å². The van der Waals surface area contributed by atoms with E-state index in [1.807, 2.05) is 6.07 Å². The Morgan fingerprint density at radius 1 is 0.900 bits per heavy atom. The fraction of sp³-hybridized carbons (Fsp3) is 0.150. The molecule has 0 aliphatic carbocycles. The first kappa shape index (κ1) is 20.5. The summed E-state index contributed by atoms with van der Waals surface area (Å²) in [4.78, 5) is 47.4. The zero-order valence-electron chi connectivity index (χ0n) is 15.8. The van der Waals surface area contributed by atoms with E-state index in [0.717, 1.165) is 5.52 Å². The normalized spacial score (nSPS) is 10.3. The van der Waals surface area contributed by atoms with E-state index in [9.17, 15) is 19.2 Å². The number of nitrogens with one attached hydrogen (secondary N) is 4. The summed E-state index contributed by atoms with van der Waals surface area (Å²) in [5.41, 5.74) is 5.69. The molecule has 3 aromatic rings. The zero-order chi connectivity index (χ0) is 21.3. The maximum absolute atomic E-state index is 12.2. The molecule has 1 heterocycles. The van der Waals surface area contributed by atoms with Crippen molar-refractivity contribution in [1.82, 2.24) is 26.4 Å². The van der Waals surface area contributed by atoms with Gasteiger partial charge in [-0.3, -0.25) is 35.1 Å². The van der Waals surface area contributed by atoms with Gasteiger partial charge in [0, 0.05) is 17.5 Å². The number of nitrogens with zero attached hydrogens (tertiary/aromatic N) is 1. The molecule has 2 aromatic carbocycles. The second-order valence-corrected chi connectivity index (χ2v) is 6.15. The molecule has 10 nitrogen and oxygen atoms in total. The van der Waals surface area contributed by atoms with Crippen LogP contribution in [0.1, 0.15) is 27.3 Å². The number of benzene rings is 2. The monoisotopic (exact) mass is 409 g/mol. The van der Waals surface area contributed by atoms with Crippen LogP contribution >= 0.6 is 0 Å². The first-order valence-corrected chi connectivity index (χ1v) is 9.06. The molecule has 154 valence electrons. The van der Waals surface area contributed by atoms with E-state index < -0.39 is 30.3 Å². The summed E-state index contributed by atoms with van der Waals surface area (Å²) in [6.07, 6.45) is -0.127. The van der Waals surface area contributed by atoms with Gasteiger partial charge in [0.15, 0.2) is 12.3 Å². The van der Waals surface area contributed by atoms with Crippen LogP contribution in [0, 0.1) is 0 Å². The predicted molar refractivity (Wildman–Crippen MR) is 106 cm³/mol. The number of para-hydroxylation sites is 1. The number of hydrogen-bond acceptors (Lipinski definition) is 6. The van der Waals surface area contributed by atoms with Gasteiger partial charge in [0.2, 0.25) is 0 Å². The van der Waals surface area contributed by atoms with Gasteiger partial charge in [-0.2, -0.15) is 5.10 Å². The van der Waals surface area contributed by atoms with Crippen molar-refractivity contribution in [3.05, 3.63) is 65.9 Å². The molecule has 4 N–H and O–H groups in total. The van der Waals surface area contributed by atoms with Crippen LogP contribution in [0.2, 0.25) is 0 Å². The molecule has 0 spiro atoms. The van der Waals surface area contributed by atoms with Crippen LogP contribution in [0.5, 0.6) is 0 Å². The lowest BCUT2D eigenvalue weighted by Gasteiger charge is -2.08. The average molecular weight is 409 g/mol. The van der Waals surface area contributed by atoms with Crippen molar-refractivity contribution < 1.29 is 23.9 Å². The lowest BCUT2D eigenvalue weighted by Crippen LogP contribution is -2.43. The van der Waals surface area contributed by atoms with Crippen LogP contribution in [0.4, 0.5) is 0 Å². The Kier molecular flexibility index (Phi) is 6.72. The minimum Gasteiger partial charge on any atom is -0.455 e. The van der Waals surface area contributed by atoms with Gasteiger partial charge in [-0.1, -0.05) is 36.4 Å². The van der Waals surface area contributed by atoms with E-state index in [2.05, 4.69) is 26.4 Å². The predicted octanol–water partition coefficient (Wildman–Crippen LogP) is 0.687. The third-order valence-electron chi connectivity index (χ3n) is 4.02. The number of H-pyrrole nitrogens is 1. The molecule has 0 radical (unpaired) electrons. The Morgan fingerprint density at radius 3 is 2.43 bits per heavy atom. The third kappa shape index (κ3) is 5.41. The molecule has 0 unspecified atom stereocenters. The van der Waals surface area contributed by atoms with Crippen LogP contribution in [0.3, 0.4) is 0 Å². The molecule has 0 aliphatic heterocycles. The van der Waals surface area contributed by atoms with E-state index in [0.29, 0.717) is 10.9 Å². The van der Waals surface area contributed by atoms with Crippen LogP contribution in [0.15, 0.2) is 54.6 Å². The summed E-state index contributed by atoms with van der Waals surface area (Å²) in [6, 6.07) is 15.5. The molecule has 0 bridgehead atoms. The Morgan fingerprint density at radius 2 is 1.63 bits per heavy atom. The maximum Gasteiger partial charge on any atom is 0.308 e. The number of ether oxygens (including phenoxy) is 1. The summed E-state index contributed by atoms with van der Waals surface area (Å²) in [7, 11) is 0. The van der Waals surface area contributed by atoms with E-state index in [-0.39, 0.29) is 18.7 Å². The van der Waals surface area contributed by atoms with Crippen LogP contribution in [0.25, 0.3) is 10.9 Å². The average Bonchev–Trinajstić information content (AvgIpc) is 3.21. The Bertz CT molecular complexity index is 1060. The van der Waals surface area contributed by atoms with Gasteiger partial charge in [0.1, 0.15) is 0 Å². The smallest absolute Gasteiger partial charge is 0.308 e. The number of esters is 1. The van der Waals surface area contributed by atoms with Gasteiger partial charge in [-0.05, 0) is 18.2 Å². The van der Waals surface area contributed by atoms with Crippen LogP contribution in [-0.2, 0) is 14.3 Å². The van der Waals surface area contributed by atoms with Crippen molar-refractivity contribution in [3.63, 3.8) is 0 Å². The largest absolute Gasteiger partial charge is 0.455 e. The molecular weight excluding hydrogens is 390 g/mol. The van der Waals surface area contributed by atoms with E-state index in [1.54, 1.807) is 48.5 Å². The molecule has 30 heavy (non-hydrogen) atoms. The molecule has 10 heteroatoms. The highest BCUT2D eigenvalue weighted by Crippen LogP contribution is 2.14. The molecule has 3 rings (SSSR count). The minimum atomic E-state index is -0.695. The molecular formula is C20H19N5O5. The van der Waals surface area contributed by atoms with Gasteiger partial charge in [0.05, 0.1) is 11.9 Å². The highest BCUT2D eigenvalue weighted by Gasteiger charge is 2.14. The number of rotatable bonds is 7. The fourth-order valence-corrected chi connectivity index (χ4v) is 2.54. The molecule has 0 saturated heterocycles. The Hall–Kier alpha value is -4.21. The number of aromatic amines is 1. The molecule has 0 fully saturated rings. The molecule has 0 atom stereocenters. The first-order chi connectivity index (χ1) is 14.5. The number of hydrogen-bond donors (Lipinski definition) is 4. The number of amides is 3. The van der Waals surface area contributed by atoms with Gasteiger partial charge in [-0.15, -0.1) is 0 Å². The summed E-state index contributed by atoms with van der Waals surface area (Å²) in [5.74, 6) is -2.29. The molecule has 0 saturated carbocycles. The summed E-state index contributed by atoms with van der Waals surface area (Å²) in [6.45, 7) is -0.545. The summed E-state index contributed by atoms with van der Waals surface area (Å²) < 4.78 is 4.81. The topological polar surface area (TPSA) is 142 Å². The first-order valence-electron chi connectivity index (χ1n) is 9.06. The van der Waals surface area contributed by atoms with Gasteiger partial charge < -0.3 is 10.1 Å². The number of hydrazine groups is 1. The van der Waals surface area contributed by atoms with E-state index in [4.69, 9.17) is 4.74 Å². The van der Waals surface area contributed by atoms with Crippen molar-refractivity contribution in [2.24, 2.45) is 0 Å². The van der Waals surface area contributed by atoms with Crippen molar-refractivity contribution in [2.75, 3.05) is 13.2 Å². The maximum atomic E-state index is 12.2. The highest BCUT2D eigenvalue weighted by atomic mass is 16.5. The number of aromatic nitrogens is 2. The Balaban J connectivity index is 1.34. The second kappa shape index (κ2) is 9.82. The van der Waals surface area contributed by atoms with E-state index in [1.165, 1.54) is 0 Å².